The van der Waals surface area contributed by atoms with Gasteiger partial charge in [0.2, 0.25) is 5.91 Å². The number of benzene rings is 2. The van der Waals surface area contributed by atoms with E-state index in [9.17, 15) is 14.0 Å². The van der Waals surface area contributed by atoms with Crippen LogP contribution in [0.5, 0.6) is 5.75 Å². The standard InChI is InChI=1S/C23H29FN2O3/c1-16-8-6-7-9-18(16)14-26(17(2)22(28)25-23(3,4)5)21(27)15-29-20-12-10-19(24)11-13-20/h6-13,17H,14-15H2,1-5H3,(H,25,28)/t17-/m1/s1. The van der Waals surface area contributed by atoms with E-state index in [1.54, 1.807) is 6.92 Å². The number of rotatable bonds is 7. The van der Waals surface area contributed by atoms with Gasteiger partial charge in [0.25, 0.3) is 5.91 Å². The summed E-state index contributed by atoms with van der Waals surface area (Å²) in [5, 5.41) is 2.92. The van der Waals surface area contributed by atoms with E-state index in [1.165, 1.54) is 29.2 Å². The minimum absolute atomic E-state index is 0.235. The van der Waals surface area contributed by atoms with E-state index in [0.29, 0.717) is 5.75 Å². The molecule has 0 unspecified atom stereocenters. The maximum absolute atomic E-state index is 13.0. The van der Waals surface area contributed by atoms with Crippen molar-refractivity contribution in [3.05, 3.63) is 65.5 Å². The first-order valence-corrected chi connectivity index (χ1v) is 9.61. The van der Waals surface area contributed by atoms with Crippen LogP contribution in [0, 0.1) is 12.7 Å². The Morgan fingerprint density at radius 1 is 1.10 bits per heavy atom. The van der Waals surface area contributed by atoms with Gasteiger partial charge in [-0.15, -0.1) is 0 Å². The Morgan fingerprint density at radius 2 is 1.72 bits per heavy atom. The van der Waals surface area contributed by atoms with Crippen molar-refractivity contribution in [2.45, 2.75) is 52.7 Å². The Balaban J connectivity index is 2.18. The predicted molar refractivity (Wildman–Crippen MR) is 111 cm³/mol. The number of nitrogens with zero attached hydrogens (tertiary/aromatic N) is 1. The second-order valence-electron chi connectivity index (χ2n) is 8.11. The Morgan fingerprint density at radius 3 is 2.31 bits per heavy atom. The van der Waals surface area contributed by atoms with Gasteiger partial charge in [-0.05, 0) is 70.0 Å². The van der Waals surface area contributed by atoms with Gasteiger partial charge in [0.1, 0.15) is 17.6 Å². The van der Waals surface area contributed by atoms with Gasteiger partial charge in [0.05, 0.1) is 0 Å². The number of ether oxygens (including phenoxy) is 1. The van der Waals surface area contributed by atoms with Crippen LogP contribution < -0.4 is 10.1 Å². The third-order valence-electron chi connectivity index (χ3n) is 4.44. The van der Waals surface area contributed by atoms with E-state index in [4.69, 9.17) is 4.74 Å². The van der Waals surface area contributed by atoms with E-state index in [0.717, 1.165) is 11.1 Å². The zero-order chi connectivity index (χ0) is 21.6. The summed E-state index contributed by atoms with van der Waals surface area (Å²) in [6.07, 6.45) is 0. The highest BCUT2D eigenvalue weighted by Crippen LogP contribution is 2.16. The number of nitrogens with one attached hydrogen (secondary N) is 1. The number of carbonyl (C=O) groups excluding carboxylic acids is 2. The average Bonchev–Trinajstić information content (AvgIpc) is 2.65. The van der Waals surface area contributed by atoms with Crippen molar-refractivity contribution in [1.82, 2.24) is 10.2 Å². The van der Waals surface area contributed by atoms with Crippen molar-refractivity contribution in [1.29, 1.82) is 0 Å². The van der Waals surface area contributed by atoms with Crippen molar-refractivity contribution in [2.24, 2.45) is 0 Å². The van der Waals surface area contributed by atoms with Gasteiger partial charge in [0, 0.05) is 12.1 Å². The highest BCUT2D eigenvalue weighted by molar-refractivity contribution is 5.88. The molecule has 0 fully saturated rings. The third-order valence-corrected chi connectivity index (χ3v) is 4.44. The molecule has 2 amide bonds. The third kappa shape index (κ3) is 6.89. The Labute approximate surface area is 171 Å². The monoisotopic (exact) mass is 400 g/mol. The van der Waals surface area contributed by atoms with Crippen LogP contribution in [0.3, 0.4) is 0 Å². The molecule has 0 bridgehead atoms. The molecule has 0 saturated heterocycles. The van der Waals surface area contributed by atoms with E-state index in [2.05, 4.69) is 5.32 Å². The van der Waals surface area contributed by atoms with Gasteiger partial charge in [-0.3, -0.25) is 9.59 Å². The molecule has 2 rings (SSSR count). The van der Waals surface area contributed by atoms with E-state index < -0.39 is 11.6 Å². The molecule has 0 aliphatic rings. The summed E-state index contributed by atoms with van der Waals surface area (Å²) in [7, 11) is 0. The zero-order valence-corrected chi connectivity index (χ0v) is 17.7. The summed E-state index contributed by atoms with van der Waals surface area (Å²) >= 11 is 0. The molecular formula is C23H29FN2O3. The molecule has 2 aromatic rings. The Hall–Kier alpha value is -2.89. The summed E-state index contributed by atoms with van der Waals surface area (Å²) in [5.41, 5.74) is 1.58. The molecule has 156 valence electrons. The molecule has 2 aromatic carbocycles. The lowest BCUT2D eigenvalue weighted by molar-refractivity contribution is -0.142. The summed E-state index contributed by atoms with van der Waals surface area (Å²) in [6, 6.07) is 12.5. The largest absolute Gasteiger partial charge is 0.484 e. The van der Waals surface area contributed by atoms with Gasteiger partial charge < -0.3 is 15.0 Å². The Kier molecular flexibility index (Phi) is 7.37. The van der Waals surface area contributed by atoms with Crippen LogP contribution in [0.25, 0.3) is 0 Å². The van der Waals surface area contributed by atoms with Crippen LogP contribution in [-0.4, -0.2) is 34.9 Å². The summed E-state index contributed by atoms with van der Waals surface area (Å²) in [5.74, 6) is -0.546. The van der Waals surface area contributed by atoms with E-state index in [-0.39, 0.29) is 30.8 Å². The number of hydrogen-bond donors (Lipinski definition) is 1. The lowest BCUT2D eigenvalue weighted by Gasteiger charge is -2.31. The lowest BCUT2D eigenvalue weighted by atomic mass is 10.1. The van der Waals surface area contributed by atoms with Crippen LogP contribution in [0.1, 0.15) is 38.8 Å². The van der Waals surface area contributed by atoms with Crippen LogP contribution in [0.15, 0.2) is 48.5 Å². The number of halogens is 1. The van der Waals surface area contributed by atoms with E-state index in [1.807, 2.05) is 52.0 Å². The average molecular weight is 400 g/mol. The molecule has 0 aliphatic carbocycles. The second-order valence-corrected chi connectivity index (χ2v) is 8.11. The van der Waals surface area contributed by atoms with Gasteiger partial charge in [0.15, 0.2) is 6.61 Å². The molecule has 0 saturated carbocycles. The molecule has 6 heteroatoms. The second kappa shape index (κ2) is 9.54. The predicted octanol–water partition coefficient (Wildman–Crippen LogP) is 3.84. The number of aryl methyl sites for hydroxylation is 1. The maximum Gasteiger partial charge on any atom is 0.261 e. The van der Waals surface area contributed by atoms with Gasteiger partial charge >= 0.3 is 0 Å². The zero-order valence-electron chi connectivity index (χ0n) is 17.7. The fraction of sp³-hybridized carbons (Fsp3) is 0.391. The molecule has 0 heterocycles. The molecule has 0 radical (unpaired) electrons. The summed E-state index contributed by atoms with van der Waals surface area (Å²) < 4.78 is 18.6. The molecule has 5 nitrogen and oxygen atoms in total. The topological polar surface area (TPSA) is 58.6 Å². The number of amides is 2. The van der Waals surface area contributed by atoms with E-state index >= 15 is 0 Å². The first kappa shape index (κ1) is 22.4. The first-order valence-electron chi connectivity index (χ1n) is 9.61. The number of carbonyl (C=O) groups is 2. The normalized spacial score (nSPS) is 12.2. The molecule has 1 N–H and O–H groups in total. The van der Waals surface area contributed by atoms with Crippen LogP contribution in [-0.2, 0) is 16.1 Å². The molecule has 0 aromatic heterocycles. The fourth-order valence-electron chi connectivity index (χ4n) is 2.79. The van der Waals surface area contributed by atoms with Crippen molar-refractivity contribution in [2.75, 3.05) is 6.61 Å². The molecule has 0 aliphatic heterocycles. The van der Waals surface area contributed by atoms with Gasteiger partial charge in [-0.2, -0.15) is 0 Å². The van der Waals surface area contributed by atoms with Crippen molar-refractivity contribution < 1.29 is 18.7 Å². The summed E-state index contributed by atoms with van der Waals surface area (Å²) in [6.45, 7) is 9.39. The smallest absolute Gasteiger partial charge is 0.261 e. The minimum Gasteiger partial charge on any atom is -0.484 e. The molecule has 1 atom stereocenters. The van der Waals surface area contributed by atoms with Crippen molar-refractivity contribution in [3.63, 3.8) is 0 Å². The van der Waals surface area contributed by atoms with Crippen molar-refractivity contribution >= 4 is 11.8 Å². The highest BCUT2D eigenvalue weighted by Gasteiger charge is 2.28. The molecule has 0 spiro atoms. The van der Waals surface area contributed by atoms with Crippen LogP contribution in [0.2, 0.25) is 0 Å². The van der Waals surface area contributed by atoms with Crippen LogP contribution in [0.4, 0.5) is 4.39 Å². The van der Waals surface area contributed by atoms with Gasteiger partial charge in [-0.1, -0.05) is 24.3 Å². The fourth-order valence-corrected chi connectivity index (χ4v) is 2.79. The maximum atomic E-state index is 13.0. The minimum atomic E-state index is -0.682. The Bertz CT molecular complexity index is 844. The van der Waals surface area contributed by atoms with Crippen molar-refractivity contribution in [3.8, 4) is 5.75 Å². The SMILES string of the molecule is Cc1ccccc1CN(C(=O)COc1ccc(F)cc1)[C@H](C)C(=O)NC(C)(C)C. The number of hydrogen-bond acceptors (Lipinski definition) is 3. The molecule has 29 heavy (non-hydrogen) atoms. The lowest BCUT2D eigenvalue weighted by Crippen LogP contribution is -2.53. The summed E-state index contributed by atoms with van der Waals surface area (Å²) in [4.78, 5) is 27.2. The first-order chi connectivity index (χ1) is 13.6. The molecular weight excluding hydrogens is 371 g/mol. The van der Waals surface area contributed by atoms with Crippen LogP contribution >= 0.6 is 0 Å². The van der Waals surface area contributed by atoms with Gasteiger partial charge in [-0.25, -0.2) is 4.39 Å². The highest BCUT2D eigenvalue weighted by atomic mass is 19.1. The quantitative estimate of drug-likeness (QED) is 0.768.